The number of halogens is 2. The van der Waals surface area contributed by atoms with Crippen LogP contribution in [0.2, 0.25) is 19.6 Å². The second-order valence-corrected chi connectivity index (χ2v) is 21.2. The second-order valence-electron chi connectivity index (χ2n) is 2.77. The molecule has 0 aromatic carbocycles. The van der Waals surface area contributed by atoms with E-state index in [0.717, 1.165) is 0 Å². The van der Waals surface area contributed by atoms with E-state index in [2.05, 4.69) is 51.2 Å². The molecular formula is C3H10Br2OSi2. The maximum Gasteiger partial charge on any atom is 0.249 e. The Hall–Kier alpha value is 1.35. The Morgan fingerprint density at radius 3 is 1.75 bits per heavy atom. The van der Waals surface area contributed by atoms with Crippen LogP contribution in [0, 0.1) is 0 Å². The van der Waals surface area contributed by atoms with E-state index in [1.807, 2.05) is 0 Å². The zero-order valence-electron chi connectivity index (χ0n) is 5.24. The average molecular weight is 278 g/mol. The standard InChI is InChI=1S/C3H10Br2OSi2/c1-8(2,3)7(5)6-4/h7H,1-3H3. The lowest BCUT2D eigenvalue weighted by Gasteiger charge is -2.17. The maximum atomic E-state index is 5.04. The van der Waals surface area contributed by atoms with Crippen LogP contribution in [0.15, 0.2) is 0 Å². The smallest absolute Gasteiger partial charge is 0.249 e. The van der Waals surface area contributed by atoms with Crippen molar-refractivity contribution in [2.24, 2.45) is 0 Å². The quantitative estimate of drug-likeness (QED) is 0.556. The zero-order valence-corrected chi connectivity index (χ0v) is 10.6. The first-order valence-electron chi connectivity index (χ1n) is 2.40. The van der Waals surface area contributed by atoms with E-state index < -0.39 is 14.8 Å². The molecule has 0 heterocycles. The van der Waals surface area contributed by atoms with E-state index >= 15 is 0 Å². The van der Waals surface area contributed by atoms with E-state index in [9.17, 15) is 0 Å². The molecule has 0 saturated carbocycles. The summed E-state index contributed by atoms with van der Waals surface area (Å²) in [5.74, 6) is 0. The molecule has 0 aliphatic carbocycles. The highest BCUT2D eigenvalue weighted by atomic mass is 79.9. The van der Waals surface area contributed by atoms with E-state index in [0.29, 0.717) is 0 Å². The zero-order chi connectivity index (χ0) is 6.78. The van der Waals surface area contributed by atoms with E-state index in [1.54, 1.807) is 0 Å². The largest absolute Gasteiger partial charge is 0.345 e. The molecule has 0 rings (SSSR count). The molecule has 1 nitrogen and oxygen atoms in total. The Bertz CT molecular complexity index is 72.2. The van der Waals surface area contributed by atoms with Crippen molar-refractivity contribution in [3.63, 3.8) is 0 Å². The van der Waals surface area contributed by atoms with Crippen LogP contribution in [0.1, 0.15) is 0 Å². The van der Waals surface area contributed by atoms with Crippen molar-refractivity contribution >= 4 is 46.3 Å². The lowest BCUT2D eigenvalue weighted by Crippen LogP contribution is -2.38. The normalized spacial score (nSPS) is 16.1. The number of rotatable bonds is 2. The summed E-state index contributed by atoms with van der Waals surface area (Å²) in [5, 5.41) is 0. The van der Waals surface area contributed by atoms with Gasteiger partial charge in [0.2, 0.25) is 7.18 Å². The Labute approximate surface area is 69.4 Å². The molecule has 0 spiro atoms. The predicted molar refractivity (Wildman–Crippen MR) is 49.4 cm³/mol. The third-order valence-electron chi connectivity index (χ3n) is 0.759. The molecule has 0 aromatic rings. The van der Waals surface area contributed by atoms with Gasteiger partial charge in [-0.25, -0.2) is 0 Å². The van der Waals surface area contributed by atoms with Gasteiger partial charge in [0.1, 0.15) is 0 Å². The topological polar surface area (TPSA) is 9.23 Å². The van der Waals surface area contributed by atoms with Gasteiger partial charge < -0.3 is 3.52 Å². The Balaban J connectivity index is 3.62. The number of hydrogen-bond donors (Lipinski definition) is 0. The van der Waals surface area contributed by atoms with Crippen LogP contribution >= 0.6 is 31.6 Å². The second kappa shape index (κ2) is 3.50. The van der Waals surface area contributed by atoms with Crippen molar-refractivity contribution in [1.82, 2.24) is 0 Å². The molecular weight excluding hydrogens is 268 g/mol. The summed E-state index contributed by atoms with van der Waals surface area (Å²) < 4.78 is 5.04. The molecule has 0 aliphatic heterocycles. The monoisotopic (exact) mass is 276 g/mol. The Morgan fingerprint density at radius 2 is 1.75 bits per heavy atom. The molecule has 0 aliphatic rings. The van der Waals surface area contributed by atoms with Gasteiger partial charge in [-0.15, -0.1) is 0 Å². The van der Waals surface area contributed by atoms with Crippen LogP contribution < -0.4 is 0 Å². The highest BCUT2D eigenvalue weighted by Crippen LogP contribution is 2.14. The molecule has 0 N–H and O–H groups in total. The summed E-state index contributed by atoms with van der Waals surface area (Å²) in [6.07, 6.45) is 0. The van der Waals surface area contributed by atoms with Gasteiger partial charge in [-0.05, 0) is 0 Å². The van der Waals surface area contributed by atoms with Crippen molar-refractivity contribution in [1.29, 1.82) is 0 Å². The molecule has 0 saturated heterocycles. The SMILES string of the molecule is C[Si](C)(C)[SiH](Br)OBr. The molecule has 0 radical (unpaired) electrons. The average Bonchev–Trinajstić information content (AvgIpc) is 1.62. The van der Waals surface area contributed by atoms with Crippen molar-refractivity contribution in [2.45, 2.75) is 19.6 Å². The van der Waals surface area contributed by atoms with Gasteiger partial charge in [0, 0.05) is 0 Å². The van der Waals surface area contributed by atoms with Crippen molar-refractivity contribution in [2.75, 3.05) is 0 Å². The Kier molecular flexibility index (Phi) is 4.10. The molecule has 1 unspecified atom stereocenters. The summed E-state index contributed by atoms with van der Waals surface area (Å²) in [6, 6.07) is 0. The molecule has 0 aromatic heterocycles. The minimum absolute atomic E-state index is 0.974. The Morgan fingerprint density at radius 1 is 1.38 bits per heavy atom. The van der Waals surface area contributed by atoms with Gasteiger partial charge in [0.05, 0.1) is 23.8 Å². The lowest BCUT2D eigenvalue weighted by atomic mass is 11.8. The van der Waals surface area contributed by atoms with Crippen molar-refractivity contribution in [3.05, 3.63) is 0 Å². The van der Waals surface area contributed by atoms with E-state index in [-0.39, 0.29) is 0 Å². The molecule has 1 atom stereocenters. The van der Waals surface area contributed by atoms with Gasteiger partial charge in [-0.3, -0.25) is 0 Å². The lowest BCUT2D eigenvalue weighted by molar-refractivity contribution is 0.745. The summed E-state index contributed by atoms with van der Waals surface area (Å²) >= 11 is 6.53. The molecule has 5 heteroatoms. The fraction of sp³-hybridized carbons (Fsp3) is 1.00. The molecule has 0 fully saturated rings. The van der Waals surface area contributed by atoms with Crippen LogP contribution in [0.3, 0.4) is 0 Å². The highest BCUT2D eigenvalue weighted by Gasteiger charge is 2.26. The van der Waals surface area contributed by atoms with Crippen molar-refractivity contribution in [3.8, 4) is 0 Å². The van der Waals surface area contributed by atoms with Crippen LogP contribution in [-0.2, 0) is 3.52 Å². The summed E-state index contributed by atoms with van der Waals surface area (Å²) in [5.41, 5.74) is 0. The first-order valence-corrected chi connectivity index (χ1v) is 12.0. The molecule has 8 heavy (non-hydrogen) atoms. The van der Waals surface area contributed by atoms with Gasteiger partial charge >= 0.3 is 0 Å². The summed E-state index contributed by atoms with van der Waals surface area (Å²) in [7, 11) is -1.98. The van der Waals surface area contributed by atoms with Crippen LogP contribution in [0.25, 0.3) is 0 Å². The van der Waals surface area contributed by atoms with Crippen LogP contribution in [0.5, 0.6) is 0 Å². The first-order chi connectivity index (χ1) is 3.48. The van der Waals surface area contributed by atoms with Crippen LogP contribution in [-0.4, -0.2) is 14.8 Å². The maximum absolute atomic E-state index is 5.04. The van der Waals surface area contributed by atoms with Gasteiger partial charge in [-0.1, -0.05) is 34.9 Å². The summed E-state index contributed by atoms with van der Waals surface area (Å²) in [4.78, 5) is 0. The van der Waals surface area contributed by atoms with Gasteiger partial charge in [0.15, 0.2) is 0 Å². The molecule has 0 amide bonds. The molecule has 0 bridgehead atoms. The van der Waals surface area contributed by atoms with E-state index in [4.69, 9.17) is 3.52 Å². The van der Waals surface area contributed by atoms with Gasteiger partial charge in [0.25, 0.3) is 0 Å². The van der Waals surface area contributed by atoms with Crippen molar-refractivity contribution < 1.29 is 3.52 Å². The van der Waals surface area contributed by atoms with Crippen LogP contribution in [0.4, 0.5) is 0 Å². The third kappa shape index (κ3) is 3.39. The fourth-order valence-electron chi connectivity index (χ4n) is 0.134. The minimum Gasteiger partial charge on any atom is -0.345 e. The first kappa shape index (κ1) is 9.35. The highest BCUT2D eigenvalue weighted by molar-refractivity contribution is 9.26. The fourth-order valence-corrected chi connectivity index (χ4v) is 6.25. The van der Waals surface area contributed by atoms with E-state index in [1.165, 1.54) is 0 Å². The summed E-state index contributed by atoms with van der Waals surface area (Å²) in [6.45, 7) is 6.87. The third-order valence-corrected chi connectivity index (χ3v) is 23.3. The predicted octanol–water partition coefficient (Wildman–Crippen LogP) is 2.34. The molecule has 50 valence electrons. The number of hydrogen-bond acceptors (Lipinski definition) is 1. The minimum atomic E-state index is -1.00. The van der Waals surface area contributed by atoms with Gasteiger partial charge in [-0.2, -0.15) is 0 Å².